The third-order valence-electron chi connectivity index (χ3n) is 1.73. The molecule has 15 heteroatoms. The Bertz CT molecular complexity index is 486. The zero-order valence-electron chi connectivity index (χ0n) is 11.3. The van der Waals surface area contributed by atoms with Crippen LogP contribution in [0.25, 0.3) is 0 Å². The van der Waals surface area contributed by atoms with Crippen molar-refractivity contribution in [3.05, 3.63) is 45.2 Å². The summed E-state index contributed by atoms with van der Waals surface area (Å²) >= 11 is 0. The normalized spacial score (nSPS) is 18.2. The van der Waals surface area contributed by atoms with E-state index in [2.05, 4.69) is 33.3 Å². The van der Waals surface area contributed by atoms with Crippen LogP contribution in [0.4, 0.5) is 39.5 Å². The van der Waals surface area contributed by atoms with Crippen LogP contribution in [0.3, 0.4) is 0 Å². The minimum absolute atomic E-state index is 0. The SMILES string of the molecule is FC1=[C-]C(F)(F)C(F)(F)C(F)(F)C1(F)F.[C-]#[O+].[C-]#[O+].[C-]#[O+].[C-]#[O+].[C-]#[O+].[Re]. The maximum atomic E-state index is 12.2. The quantitative estimate of drug-likeness (QED) is 0.244. The molecule has 0 saturated heterocycles. The van der Waals surface area contributed by atoms with Gasteiger partial charge >= 0.3 is 74.3 Å². The third-order valence-corrected chi connectivity index (χ3v) is 1.73. The van der Waals surface area contributed by atoms with E-state index in [1.54, 1.807) is 0 Å². The molecule has 0 aromatic heterocycles. The molecule has 5 nitrogen and oxygen atoms in total. The topological polar surface area (TPSA) is 99.5 Å². The summed E-state index contributed by atoms with van der Waals surface area (Å²) in [6, 6.07) is 0. The van der Waals surface area contributed by atoms with E-state index in [0.29, 0.717) is 0 Å². The summed E-state index contributed by atoms with van der Waals surface area (Å²) in [4.78, 5) is 0. The van der Waals surface area contributed by atoms with Crippen molar-refractivity contribution in [3.63, 3.8) is 0 Å². The first-order valence-electron chi connectivity index (χ1n) is 4.22. The average Bonchev–Trinajstić information content (AvgIpc) is 2.62. The van der Waals surface area contributed by atoms with Gasteiger partial charge in [-0.2, -0.15) is 26.3 Å². The molecule has 0 N–H and O–H groups in total. The number of halogens is 9. The second-order valence-corrected chi connectivity index (χ2v) is 2.74. The zero-order chi connectivity index (χ0) is 22.3. The maximum absolute atomic E-state index is 12.2. The number of rotatable bonds is 0. The first kappa shape index (κ1) is 39.5. The van der Waals surface area contributed by atoms with Gasteiger partial charge in [0.25, 0.3) is 0 Å². The molecule has 1 aliphatic carbocycles. The molecule has 145 valence electrons. The van der Waals surface area contributed by atoms with Crippen LogP contribution in [0, 0.1) is 39.3 Å². The van der Waals surface area contributed by atoms with Crippen molar-refractivity contribution in [2.75, 3.05) is 0 Å². The summed E-state index contributed by atoms with van der Waals surface area (Å²) in [5.74, 6) is -28.1. The van der Waals surface area contributed by atoms with Crippen molar-refractivity contribution in [1.82, 2.24) is 0 Å². The van der Waals surface area contributed by atoms with Gasteiger partial charge in [0, 0.05) is 20.4 Å². The first-order valence-corrected chi connectivity index (χ1v) is 4.22. The number of allylic oxidation sites excluding steroid dienone is 2. The van der Waals surface area contributed by atoms with Crippen molar-refractivity contribution in [2.45, 2.75) is 23.7 Å². The van der Waals surface area contributed by atoms with Crippen LogP contribution in [0.1, 0.15) is 0 Å². The van der Waals surface area contributed by atoms with E-state index in [9.17, 15) is 39.5 Å². The molecule has 0 heterocycles. The van der Waals surface area contributed by atoms with Gasteiger partial charge < -0.3 is 6.08 Å². The summed E-state index contributed by atoms with van der Waals surface area (Å²) in [6.07, 6.45) is -0.272. The van der Waals surface area contributed by atoms with Gasteiger partial charge in [-0.05, 0) is 5.83 Å². The summed E-state index contributed by atoms with van der Waals surface area (Å²) < 4.78 is 147. The molecule has 0 bridgehead atoms. The van der Waals surface area contributed by atoms with Gasteiger partial charge in [-0.3, -0.25) is 0 Å². The van der Waals surface area contributed by atoms with Crippen LogP contribution < -0.4 is 0 Å². The minimum Gasteiger partial charge on any atom is 0 e. The van der Waals surface area contributed by atoms with E-state index >= 15 is 0 Å². The van der Waals surface area contributed by atoms with Crippen LogP contribution in [-0.4, -0.2) is 23.7 Å². The molecule has 0 aliphatic heterocycles. The number of hydrogen-bond donors (Lipinski definition) is 0. The molecule has 0 spiro atoms. The molecule has 0 saturated carbocycles. The molecular formula is C11F9O5Re-. The molecule has 1 radical (unpaired) electrons. The summed E-state index contributed by atoms with van der Waals surface area (Å²) in [5.41, 5.74) is 0. The minimum atomic E-state index is -6.52. The van der Waals surface area contributed by atoms with Crippen molar-refractivity contribution in [2.24, 2.45) is 0 Å². The number of alkyl halides is 8. The van der Waals surface area contributed by atoms with Gasteiger partial charge in [0.1, 0.15) is 0 Å². The molecule has 0 atom stereocenters. The largest absolute Gasteiger partial charge is 0 e. The molecule has 0 amide bonds. The molecule has 0 unspecified atom stereocenters. The van der Waals surface area contributed by atoms with Gasteiger partial charge in [-0.1, -0.05) is 0 Å². The van der Waals surface area contributed by atoms with Crippen molar-refractivity contribution < 1.29 is 83.2 Å². The zero-order valence-corrected chi connectivity index (χ0v) is 14.0. The average molecular weight is 569 g/mol. The molecule has 26 heavy (non-hydrogen) atoms. The van der Waals surface area contributed by atoms with Crippen LogP contribution in [0.2, 0.25) is 0 Å². The Morgan fingerprint density at radius 2 is 0.808 bits per heavy atom. The Kier molecular flexibility index (Phi) is 25.7. The Morgan fingerprint density at radius 3 is 1.04 bits per heavy atom. The van der Waals surface area contributed by atoms with Crippen LogP contribution >= 0.6 is 0 Å². The third kappa shape index (κ3) is 7.79. The van der Waals surface area contributed by atoms with Crippen molar-refractivity contribution in [3.8, 4) is 0 Å². The van der Waals surface area contributed by atoms with E-state index in [1.165, 1.54) is 0 Å². The molecule has 1 rings (SSSR count). The van der Waals surface area contributed by atoms with Crippen LogP contribution in [0.15, 0.2) is 5.83 Å². The Labute approximate surface area is 152 Å². The molecule has 1 aliphatic rings. The second kappa shape index (κ2) is 16.9. The predicted molar refractivity (Wildman–Crippen MR) is 47.3 cm³/mol. The fourth-order valence-electron chi connectivity index (χ4n) is 0.827. The monoisotopic (exact) mass is 570 g/mol. The number of hydrogen-bond acceptors (Lipinski definition) is 0. The van der Waals surface area contributed by atoms with E-state index in [4.69, 9.17) is 23.3 Å². The molecule has 0 aromatic rings. The van der Waals surface area contributed by atoms with Crippen LogP contribution in [-0.2, 0) is 43.7 Å². The van der Waals surface area contributed by atoms with Gasteiger partial charge in [0.15, 0.2) is 5.92 Å². The van der Waals surface area contributed by atoms with Crippen molar-refractivity contribution in [1.29, 1.82) is 0 Å². The van der Waals surface area contributed by atoms with Crippen molar-refractivity contribution >= 4 is 0 Å². The molecular weight excluding hydrogens is 569 g/mol. The van der Waals surface area contributed by atoms with Gasteiger partial charge in [-0.15, -0.1) is 0 Å². The fraction of sp³-hybridized carbons (Fsp3) is 0.364. The summed E-state index contributed by atoms with van der Waals surface area (Å²) in [7, 11) is 0. The summed E-state index contributed by atoms with van der Waals surface area (Å²) in [6.45, 7) is 22.5. The maximum Gasteiger partial charge on any atom is 0 e. The molecule has 0 aromatic carbocycles. The second-order valence-electron chi connectivity index (χ2n) is 2.74. The Morgan fingerprint density at radius 1 is 0.577 bits per heavy atom. The summed E-state index contributed by atoms with van der Waals surface area (Å²) in [5, 5.41) is 0. The van der Waals surface area contributed by atoms with Gasteiger partial charge in [-0.25, -0.2) is 13.2 Å². The molecule has 0 fully saturated rings. The predicted octanol–water partition coefficient (Wildman–Crippen LogP) is 3.01. The van der Waals surface area contributed by atoms with E-state index < -0.39 is 29.5 Å². The van der Waals surface area contributed by atoms with Gasteiger partial charge in [0.05, 0.1) is 0 Å². The first-order chi connectivity index (χ1) is 11.4. The van der Waals surface area contributed by atoms with E-state index in [-0.39, 0.29) is 26.5 Å². The van der Waals surface area contributed by atoms with Gasteiger partial charge in [0.2, 0.25) is 0 Å². The van der Waals surface area contributed by atoms with E-state index in [1.807, 2.05) is 0 Å². The smallest absolute Gasteiger partial charge is 0 e. The van der Waals surface area contributed by atoms with E-state index in [0.717, 1.165) is 0 Å². The van der Waals surface area contributed by atoms with Crippen LogP contribution in [0.5, 0.6) is 0 Å². The standard InChI is InChI=1S/C6F9.5CO.Re/c7-2-1-3(8,9)5(12,13)6(14,15)4(2,10)11;5*1-2;/q-1;;;;;;. The Hall–Kier alpha value is -1.53. The Balaban J connectivity index is -0.0000000786. The fourth-order valence-corrected chi connectivity index (χ4v) is 0.827.